The van der Waals surface area contributed by atoms with Gasteiger partial charge in [0.05, 0.1) is 18.3 Å². The van der Waals surface area contributed by atoms with Crippen LogP contribution in [0.3, 0.4) is 0 Å². The van der Waals surface area contributed by atoms with E-state index in [9.17, 15) is 19.7 Å². The zero-order chi connectivity index (χ0) is 16.3. The van der Waals surface area contributed by atoms with Crippen molar-refractivity contribution in [3.8, 4) is 0 Å². The van der Waals surface area contributed by atoms with E-state index in [1.54, 1.807) is 4.90 Å². The fourth-order valence-electron chi connectivity index (χ4n) is 2.21. The second kappa shape index (κ2) is 6.56. The summed E-state index contributed by atoms with van der Waals surface area (Å²) in [5, 5.41) is 10.5. The van der Waals surface area contributed by atoms with E-state index in [0.29, 0.717) is 13.1 Å². The molecule has 0 saturated carbocycles. The first-order valence-corrected chi connectivity index (χ1v) is 6.71. The average molecular weight is 312 g/mol. The van der Waals surface area contributed by atoms with E-state index >= 15 is 0 Å². The maximum Gasteiger partial charge on any atom is 0.433 e. The van der Waals surface area contributed by atoms with Crippen LogP contribution >= 0.6 is 0 Å². The Hall–Kier alpha value is -2.42. The summed E-state index contributed by atoms with van der Waals surface area (Å²) in [6.45, 7) is 4.10. The van der Waals surface area contributed by atoms with E-state index in [1.807, 2.05) is 13.8 Å². The van der Waals surface area contributed by atoms with Crippen LogP contribution in [-0.4, -0.2) is 53.6 Å². The predicted molar refractivity (Wildman–Crippen MR) is 72.2 cm³/mol. The SMILES string of the molecule is C[C@H]1CN(C(=O)COC(=O)c2ccc([N+](=O)[O-])o2)C[C@H](C)O1. The highest BCUT2D eigenvalue weighted by molar-refractivity contribution is 5.89. The van der Waals surface area contributed by atoms with Gasteiger partial charge in [0.2, 0.25) is 5.76 Å². The first-order chi connectivity index (χ1) is 10.4. The number of esters is 1. The molecule has 2 rings (SSSR count). The lowest BCUT2D eigenvalue weighted by atomic mass is 10.2. The Labute approximate surface area is 125 Å². The number of carbonyl (C=O) groups excluding carboxylic acids is 2. The number of hydrogen-bond acceptors (Lipinski definition) is 7. The van der Waals surface area contributed by atoms with Gasteiger partial charge in [0, 0.05) is 13.1 Å². The molecule has 9 heteroatoms. The van der Waals surface area contributed by atoms with Crippen molar-refractivity contribution in [1.29, 1.82) is 0 Å². The standard InChI is InChI=1S/C13H16N2O7/c1-8-5-14(6-9(2)21-8)11(16)7-20-13(17)10-3-4-12(22-10)15(18)19/h3-4,8-9H,5-7H2,1-2H3/t8-,9-/m0/s1. The normalized spacial score (nSPS) is 21.5. The van der Waals surface area contributed by atoms with Crippen LogP contribution in [0.4, 0.5) is 5.88 Å². The molecule has 0 N–H and O–H groups in total. The lowest BCUT2D eigenvalue weighted by molar-refractivity contribution is -0.402. The van der Waals surface area contributed by atoms with Crippen LogP contribution in [0.5, 0.6) is 0 Å². The van der Waals surface area contributed by atoms with Gasteiger partial charge in [-0.3, -0.25) is 14.9 Å². The molecule has 0 aliphatic carbocycles. The summed E-state index contributed by atoms with van der Waals surface area (Å²) in [5.41, 5.74) is 0. The second-order valence-corrected chi connectivity index (χ2v) is 5.03. The van der Waals surface area contributed by atoms with Crippen LogP contribution < -0.4 is 0 Å². The number of nitrogens with zero attached hydrogens (tertiary/aromatic N) is 2. The average Bonchev–Trinajstić information content (AvgIpc) is 2.93. The number of morpholine rings is 1. The minimum Gasteiger partial charge on any atom is -0.450 e. The molecule has 1 aromatic heterocycles. The molecule has 120 valence electrons. The van der Waals surface area contributed by atoms with E-state index in [-0.39, 0.29) is 23.9 Å². The number of hydrogen-bond donors (Lipinski definition) is 0. The lowest BCUT2D eigenvalue weighted by Crippen LogP contribution is -2.49. The molecule has 1 fully saturated rings. The first kappa shape index (κ1) is 16.0. The molecule has 1 amide bonds. The zero-order valence-corrected chi connectivity index (χ0v) is 12.2. The number of nitro groups is 1. The van der Waals surface area contributed by atoms with Crippen molar-refractivity contribution in [2.45, 2.75) is 26.1 Å². The Bertz CT molecular complexity index is 573. The van der Waals surface area contributed by atoms with Crippen LogP contribution in [0.15, 0.2) is 16.5 Å². The lowest BCUT2D eigenvalue weighted by Gasteiger charge is -2.35. The third-order valence-electron chi connectivity index (χ3n) is 3.07. The molecule has 1 aliphatic heterocycles. The van der Waals surface area contributed by atoms with Crippen LogP contribution in [-0.2, 0) is 14.3 Å². The van der Waals surface area contributed by atoms with Gasteiger partial charge in [-0.25, -0.2) is 4.79 Å². The third kappa shape index (κ3) is 3.82. The number of amides is 1. The van der Waals surface area contributed by atoms with E-state index in [4.69, 9.17) is 13.9 Å². The fraction of sp³-hybridized carbons (Fsp3) is 0.538. The maximum absolute atomic E-state index is 12.0. The molecule has 1 aliphatic rings. The smallest absolute Gasteiger partial charge is 0.433 e. The second-order valence-electron chi connectivity index (χ2n) is 5.03. The summed E-state index contributed by atoms with van der Waals surface area (Å²) >= 11 is 0. The summed E-state index contributed by atoms with van der Waals surface area (Å²) in [7, 11) is 0. The molecule has 9 nitrogen and oxygen atoms in total. The topological polar surface area (TPSA) is 112 Å². The minimum atomic E-state index is -0.921. The Morgan fingerprint density at radius 3 is 2.55 bits per heavy atom. The monoisotopic (exact) mass is 312 g/mol. The van der Waals surface area contributed by atoms with Crippen molar-refractivity contribution in [2.75, 3.05) is 19.7 Å². The molecule has 0 spiro atoms. The van der Waals surface area contributed by atoms with Gasteiger partial charge in [-0.1, -0.05) is 0 Å². The molecule has 2 atom stereocenters. The van der Waals surface area contributed by atoms with Gasteiger partial charge in [0.1, 0.15) is 4.92 Å². The summed E-state index contributed by atoms with van der Waals surface area (Å²) < 4.78 is 15.0. The van der Waals surface area contributed by atoms with Crippen molar-refractivity contribution in [2.24, 2.45) is 0 Å². The summed E-state index contributed by atoms with van der Waals surface area (Å²) in [4.78, 5) is 34.9. The Kier molecular flexibility index (Phi) is 4.76. The molecule has 0 radical (unpaired) electrons. The Balaban J connectivity index is 1.87. The minimum absolute atomic E-state index is 0.0869. The molecule has 2 heterocycles. The summed E-state index contributed by atoms with van der Waals surface area (Å²) in [5.74, 6) is -2.15. The number of furan rings is 1. The molecule has 0 bridgehead atoms. The highest BCUT2D eigenvalue weighted by atomic mass is 16.7. The molecular formula is C13H16N2O7. The molecule has 0 aromatic carbocycles. The molecule has 1 saturated heterocycles. The molecule has 0 unspecified atom stereocenters. The highest BCUT2D eigenvalue weighted by Crippen LogP contribution is 2.16. The van der Waals surface area contributed by atoms with Gasteiger partial charge in [0.15, 0.2) is 6.61 Å². The van der Waals surface area contributed by atoms with E-state index in [1.165, 1.54) is 0 Å². The molecular weight excluding hydrogens is 296 g/mol. The van der Waals surface area contributed by atoms with E-state index in [0.717, 1.165) is 12.1 Å². The first-order valence-electron chi connectivity index (χ1n) is 6.71. The summed E-state index contributed by atoms with van der Waals surface area (Å²) in [6.07, 6.45) is -0.174. The fourth-order valence-corrected chi connectivity index (χ4v) is 2.21. The van der Waals surface area contributed by atoms with Crippen molar-refractivity contribution in [3.05, 3.63) is 28.0 Å². The van der Waals surface area contributed by atoms with Gasteiger partial charge in [0.25, 0.3) is 5.91 Å². The molecule has 1 aromatic rings. The van der Waals surface area contributed by atoms with Crippen LogP contribution in [0.25, 0.3) is 0 Å². The quantitative estimate of drug-likeness (QED) is 0.462. The van der Waals surface area contributed by atoms with Crippen LogP contribution in [0, 0.1) is 10.1 Å². The van der Waals surface area contributed by atoms with Gasteiger partial charge < -0.3 is 18.8 Å². The van der Waals surface area contributed by atoms with Gasteiger partial charge in [-0.15, -0.1) is 0 Å². The predicted octanol–water partition coefficient (Wildman–Crippen LogP) is 0.980. The van der Waals surface area contributed by atoms with Gasteiger partial charge >= 0.3 is 11.9 Å². The number of carbonyl (C=O) groups is 2. The Morgan fingerprint density at radius 1 is 1.36 bits per heavy atom. The van der Waals surface area contributed by atoms with Gasteiger partial charge in [-0.2, -0.15) is 0 Å². The van der Waals surface area contributed by atoms with E-state index in [2.05, 4.69) is 0 Å². The van der Waals surface area contributed by atoms with Crippen molar-refractivity contribution >= 4 is 17.8 Å². The van der Waals surface area contributed by atoms with Crippen molar-refractivity contribution in [3.63, 3.8) is 0 Å². The maximum atomic E-state index is 12.0. The van der Waals surface area contributed by atoms with Crippen LogP contribution in [0.1, 0.15) is 24.4 Å². The highest BCUT2D eigenvalue weighted by Gasteiger charge is 2.27. The summed E-state index contributed by atoms with van der Waals surface area (Å²) in [6, 6.07) is 2.17. The number of ether oxygens (including phenoxy) is 2. The molecule has 22 heavy (non-hydrogen) atoms. The van der Waals surface area contributed by atoms with Crippen molar-refractivity contribution in [1.82, 2.24) is 4.90 Å². The van der Waals surface area contributed by atoms with Gasteiger partial charge in [-0.05, 0) is 19.9 Å². The Morgan fingerprint density at radius 2 is 2.00 bits per heavy atom. The third-order valence-corrected chi connectivity index (χ3v) is 3.07. The van der Waals surface area contributed by atoms with Crippen molar-refractivity contribution < 1.29 is 28.4 Å². The largest absolute Gasteiger partial charge is 0.450 e. The van der Waals surface area contributed by atoms with Crippen LogP contribution in [0.2, 0.25) is 0 Å². The van der Waals surface area contributed by atoms with E-state index < -0.39 is 23.4 Å². The zero-order valence-electron chi connectivity index (χ0n) is 12.2. The number of rotatable bonds is 4.